The van der Waals surface area contributed by atoms with Gasteiger partial charge < -0.3 is 0 Å². The van der Waals surface area contributed by atoms with E-state index in [1.54, 1.807) is 11.1 Å². The molecule has 0 fully saturated rings. The van der Waals surface area contributed by atoms with Crippen LogP contribution in [0.15, 0.2) is 146 Å². The Morgan fingerprint density at radius 2 is 0.702 bits per heavy atom. The summed E-state index contributed by atoms with van der Waals surface area (Å²) in [5.74, 6) is 0. The molecule has 0 radical (unpaired) electrons. The van der Waals surface area contributed by atoms with Gasteiger partial charge in [-0.1, -0.05) is 146 Å². The van der Waals surface area contributed by atoms with E-state index in [-0.39, 0.29) is 0 Å². The van der Waals surface area contributed by atoms with Gasteiger partial charge in [0.05, 0.1) is 0 Å². The van der Waals surface area contributed by atoms with Crippen molar-refractivity contribution in [1.29, 1.82) is 0 Å². The summed E-state index contributed by atoms with van der Waals surface area (Å²) in [6, 6.07) is 55.5. The quantitative estimate of drug-likeness (QED) is 0.166. The van der Waals surface area contributed by atoms with Crippen molar-refractivity contribution in [2.75, 3.05) is 0 Å². The van der Waals surface area contributed by atoms with Crippen molar-refractivity contribution in [2.24, 2.45) is 0 Å². The molecule has 47 heavy (non-hydrogen) atoms. The van der Waals surface area contributed by atoms with Crippen LogP contribution in [0.5, 0.6) is 0 Å². The van der Waals surface area contributed by atoms with E-state index >= 15 is 0 Å². The lowest BCUT2D eigenvalue weighted by molar-refractivity contribution is 0.780. The highest BCUT2D eigenvalue weighted by atomic mass is 31.1. The van der Waals surface area contributed by atoms with Crippen LogP contribution in [0.3, 0.4) is 0 Å². The lowest BCUT2D eigenvalue weighted by atomic mass is 9.84. The Bertz CT molecular complexity index is 2350. The van der Waals surface area contributed by atoms with Crippen LogP contribution in [0.4, 0.5) is 0 Å². The van der Waals surface area contributed by atoms with Crippen molar-refractivity contribution < 1.29 is 0 Å². The van der Waals surface area contributed by atoms with E-state index in [0.717, 1.165) is 29.5 Å². The number of hydrogen-bond acceptors (Lipinski definition) is 0. The van der Waals surface area contributed by atoms with Crippen molar-refractivity contribution in [1.82, 2.24) is 0 Å². The summed E-state index contributed by atoms with van der Waals surface area (Å²) in [5.41, 5.74) is 13.0. The minimum Gasteiger partial charge on any atom is -0.110 e. The molecule has 10 rings (SSSR count). The molecule has 2 aliphatic heterocycles. The summed E-state index contributed by atoms with van der Waals surface area (Å²) in [6.45, 7) is 0. The van der Waals surface area contributed by atoms with Crippen LogP contribution in [0, 0.1) is 0 Å². The van der Waals surface area contributed by atoms with Crippen LogP contribution >= 0.6 is 17.2 Å². The van der Waals surface area contributed by atoms with Gasteiger partial charge in [-0.25, -0.2) is 0 Å². The van der Waals surface area contributed by atoms with Gasteiger partial charge >= 0.3 is 0 Å². The van der Waals surface area contributed by atoms with Gasteiger partial charge in [-0.05, 0) is 106 Å². The van der Waals surface area contributed by atoms with E-state index in [2.05, 4.69) is 146 Å². The predicted molar refractivity (Wildman–Crippen MR) is 208 cm³/mol. The number of hydrogen-bond donors (Lipinski definition) is 0. The molecule has 0 saturated heterocycles. The highest BCUT2D eigenvalue weighted by Crippen LogP contribution is 2.59. The fourth-order valence-electron chi connectivity index (χ4n) is 8.58. The average Bonchev–Trinajstić information content (AvgIpc) is 3.40. The largest absolute Gasteiger partial charge is 0.110 e. The maximum atomic E-state index is 2.50. The Hall–Kier alpha value is -4.34. The summed E-state index contributed by atoms with van der Waals surface area (Å²) in [7, 11) is 1.70. The van der Waals surface area contributed by atoms with E-state index in [1.807, 2.05) is 0 Å². The maximum absolute atomic E-state index is 2.50. The molecule has 2 heterocycles. The van der Waals surface area contributed by atoms with Gasteiger partial charge in [-0.3, -0.25) is 0 Å². The van der Waals surface area contributed by atoms with E-state index in [0.29, 0.717) is 11.3 Å². The molecular weight excluding hydrogens is 602 g/mol. The average molecular weight is 637 g/mol. The van der Waals surface area contributed by atoms with E-state index in [9.17, 15) is 0 Å². The fraction of sp³-hybridized carbons (Fsp3) is 0.111. The van der Waals surface area contributed by atoms with Crippen molar-refractivity contribution in [3.8, 4) is 22.3 Å². The van der Waals surface area contributed by atoms with Crippen molar-refractivity contribution in [2.45, 2.75) is 30.1 Å². The highest BCUT2D eigenvalue weighted by molar-refractivity contribution is 7.39. The molecule has 8 aromatic carbocycles. The second-order valence-corrected chi connectivity index (χ2v) is 16.2. The maximum Gasteiger partial charge on any atom is 0.00327 e. The molecule has 0 saturated carbocycles. The van der Waals surface area contributed by atoms with Gasteiger partial charge in [-0.15, -0.1) is 17.2 Å². The van der Waals surface area contributed by atoms with Crippen LogP contribution in [0.25, 0.3) is 65.3 Å². The standard InChI is InChI=1S/C45H34P2/c1-5-13-34-28(9-1)17-19-32-26-46-40(38-23-21-30-11-3-7-15-36(30)44(38)42(32)34)25-41-39-24-22-31-12-4-8-16-37(31)45(39)43-33(27-47-41)20-18-29-10-2-6-14-35(29)43/h1-24,40-41,46-47H,25-27H2. The summed E-state index contributed by atoms with van der Waals surface area (Å²) in [5, 5.41) is 10.9. The van der Waals surface area contributed by atoms with Crippen LogP contribution in [-0.2, 0) is 12.3 Å². The lowest BCUT2D eigenvalue weighted by Crippen LogP contribution is -2.03. The molecule has 0 N–H and O–H groups in total. The summed E-state index contributed by atoms with van der Waals surface area (Å²) >= 11 is 0. The Balaban J connectivity index is 1.18. The third-order valence-corrected chi connectivity index (χ3v) is 14.0. The Labute approximate surface area is 279 Å². The topological polar surface area (TPSA) is 0 Å². The molecule has 0 aliphatic carbocycles. The second kappa shape index (κ2) is 11.1. The molecular formula is C45H34P2. The number of benzene rings is 8. The lowest BCUT2D eigenvalue weighted by Gasteiger charge is -2.26. The zero-order chi connectivity index (χ0) is 30.9. The molecule has 0 nitrogen and oxygen atoms in total. The Morgan fingerprint density at radius 1 is 0.362 bits per heavy atom. The summed E-state index contributed by atoms with van der Waals surface area (Å²) < 4.78 is 0. The van der Waals surface area contributed by atoms with Crippen LogP contribution in [0.2, 0.25) is 0 Å². The van der Waals surface area contributed by atoms with Gasteiger partial charge in [0.2, 0.25) is 0 Å². The second-order valence-electron chi connectivity index (χ2n) is 13.2. The first kappa shape index (κ1) is 27.7. The normalized spacial score (nSPS) is 18.1. The first-order chi connectivity index (χ1) is 23.3. The van der Waals surface area contributed by atoms with E-state index in [1.165, 1.54) is 82.9 Å². The minimum atomic E-state index is 0.510. The van der Waals surface area contributed by atoms with Gasteiger partial charge in [-0.2, -0.15) is 0 Å². The van der Waals surface area contributed by atoms with Crippen LogP contribution in [-0.4, -0.2) is 0 Å². The van der Waals surface area contributed by atoms with E-state index < -0.39 is 0 Å². The molecule has 8 aromatic rings. The smallest absolute Gasteiger partial charge is 0.00327 e. The Kier molecular flexibility index (Phi) is 6.57. The first-order valence-electron chi connectivity index (χ1n) is 16.8. The third kappa shape index (κ3) is 4.43. The number of rotatable bonds is 2. The number of fused-ring (bicyclic) bond motifs is 14. The first-order valence-corrected chi connectivity index (χ1v) is 19.4. The van der Waals surface area contributed by atoms with Crippen molar-refractivity contribution in [3.05, 3.63) is 168 Å². The van der Waals surface area contributed by atoms with Gasteiger partial charge in [0.15, 0.2) is 0 Å². The molecule has 2 aliphatic rings. The molecule has 4 atom stereocenters. The van der Waals surface area contributed by atoms with Crippen LogP contribution in [0.1, 0.15) is 40.0 Å². The monoisotopic (exact) mass is 636 g/mol. The minimum absolute atomic E-state index is 0.510. The Morgan fingerprint density at radius 3 is 1.11 bits per heavy atom. The summed E-state index contributed by atoms with van der Waals surface area (Å²) in [6.07, 6.45) is 3.46. The molecule has 4 unspecified atom stereocenters. The molecule has 2 heteroatoms. The predicted octanol–water partition coefficient (Wildman–Crippen LogP) is 13.2. The molecule has 0 aromatic heterocycles. The third-order valence-electron chi connectivity index (χ3n) is 10.8. The van der Waals surface area contributed by atoms with E-state index in [4.69, 9.17) is 0 Å². The van der Waals surface area contributed by atoms with Gasteiger partial charge in [0, 0.05) is 11.3 Å². The zero-order valence-corrected chi connectivity index (χ0v) is 28.1. The fourth-order valence-corrected chi connectivity index (χ4v) is 12.1. The highest BCUT2D eigenvalue weighted by Gasteiger charge is 2.31. The molecule has 0 spiro atoms. The van der Waals surface area contributed by atoms with Gasteiger partial charge in [0.1, 0.15) is 0 Å². The van der Waals surface area contributed by atoms with Gasteiger partial charge in [0.25, 0.3) is 0 Å². The summed E-state index contributed by atoms with van der Waals surface area (Å²) in [4.78, 5) is 0. The SMILES string of the molecule is c1ccc2c3c(ccc2c1)CPC(CC1PCc2ccc4ccccc4c2-c2c1ccc1ccccc21)c1ccc2ccccc2c1-3. The van der Waals surface area contributed by atoms with Crippen molar-refractivity contribution in [3.63, 3.8) is 0 Å². The molecule has 224 valence electrons. The molecule has 0 bridgehead atoms. The zero-order valence-electron chi connectivity index (χ0n) is 26.1. The van der Waals surface area contributed by atoms with Crippen molar-refractivity contribution >= 4 is 60.3 Å². The van der Waals surface area contributed by atoms with Crippen LogP contribution < -0.4 is 0 Å². The molecule has 0 amide bonds.